The van der Waals surface area contributed by atoms with Crippen LogP contribution < -0.4 is 10.1 Å². The Morgan fingerprint density at radius 1 is 1.35 bits per heavy atom. The number of nitrogens with one attached hydrogen (secondary N) is 2. The third-order valence-electron chi connectivity index (χ3n) is 3.23. The molecule has 0 aliphatic carbocycles. The molecule has 2 N–H and O–H groups in total. The second kappa shape index (κ2) is 3.80. The van der Waals surface area contributed by atoms with Crippen LogP contribution in [0.15, 0.2) is 18.2 Å². The number of hydrogen-bond acceptors (Lipinski definition) is 2. The summed E-state index contributed by atoms with van der Waals surface area (Å²) >= 11 is 0. The largest absolute Gasteiger partial charge is 0.497 e. The van der Waals surface area contributed by atoms with Crippen LogP contribution in [0.4, 0.5) is 0 Å². The highest BCUT2D eigenvalue weighted by Crippen LogP contribution is 2.28. The Labute approximate surface area is 99.0 Å². The van der Waals surface area contributed by atoms with Gasteiger partial charge in [0.15, 0.2) is 0 Å². The van der Waals surface area contributed by atoms with Crippen molar-refractivity contribution in [2.24, 2.45) is 0 Å². The molecular weight excluding hydrogens is 216 g/mol. The SMILES string of the molecule is COc1ccc2[nH]c3c(c2c1)CCCNC3=O. The molecular formula is C13H14N2O2. The highest BCUT2D eigenvalue weighted by atomic mass is 16.5. The Morgan fingerprint density at radius 3 is 3.06 bits per heavy atom. The van der Waals surface area contributed by atoms with Crippen molar-refractivity contribution < 1.29 is 9.53 Å². The zero-order valence-electron chi connectivity index (χ0n) is 9.67. The van der Waals surface area contributed by atoms with E-state index in [-0.39, 0.29) is 5.91 Å². The molecule has 4 heteroatoms. The Hall–Kier alpha value is -1.97. The average molecular weight is 230 g/mol. The van der Waals surface area contributed by atoms with Crippen molar-refractivity contribution in [1.29, 1.82) is 0 Å². The zero-order valence-corrected chi connectivity index (χ0v) is 9.67. The maximum atomic E-state index is 11.9. The van der Waals surface area contributed by atoms with E-state index in [0.717, 1.165) is 41.6 Å². The molecule has 17 heavy (non-hydrogen) atoms. The minimum absolute atomic E-state index is 0.00679. The fraction of sp³-hybridized carbons (Fsp3) is 0.308. The lowest BCUT2D eigenvalue weighted by atomic mass is 10.1. The molecule has 3 rings (SSSR count). The summed E-state index contributed by atoms with van der Waals surface area (Å²) in [5, 5.41) is 3.98. The summed E-state index contributed by atoms with van der Waals surface area (Å²) in [4.78, 5) is 15.0. The molecule has 88 valence electrons. The minimum Gasteiger partial charge on any atom is -0.497 e. The van der Waals surface area contributed by atoms with E-state index in [1.165, 1.54) is 0 Å². The maximum Gasteiger partial charge on any atom is 0.268 e. The molecule has 0 spiro atoms. The molecule has 4 nitrogen and oxygen atoms in total. The number of ether oxygens (including phenoxy) is 1. The zero-order chi connectivity index (χ0) is 11.8. The number of fused-ring (bicyclic) bond motifs is 3. The normalized spacial score (nSPS) is 15.2. The average Bonchev–Trinajstić information content (AvgIpc) is 2.62. The fourth-order valence-electron chi connectivity index (χ4n) is 2.36. The second-order valence-corrected chi connectivity index (χ2v) is 4.25. The maximum absolute atomic E-state index is 11.9. The van der Waals surface area contributed by atoms with Crippen molar-refractivity contribution in [1.82, 2.24) is 10.3 Å². The number of carbonyl (C=O) groups excluding carboxylic acids is 1. The number of aromatic nitrogens is 1. The second-order valence-electron chi connectivity index (χ2n) is 4.25. The van der Waals surface area contributed by atoms with Crippen LogP contribution in [0.5, 0.6) is 5.75 Å². The van der Waals surface area contributed by atoms with Crippen LogP contribution in [0.25, 0.3) is 10.9 Å². The van der Waals surface area contributed by atoms with Crippen LogP contribution in [0.2, 0.25) is 0 Å². The van der Waals surface area contributed by atoms with Crippen molar-refractivity contribution in [2.75, 3.05) is 13.7 Å². The Bertz CT molecular complexity index is 586. The van der Waals surface area contributed by atoms with Crippen molar-refractivity contribution in [3.8, 4) is 5.75 Å². The third-order valence-corrected chi connectivity index (χ3v) is 3.23. The van der Waals surface area contributed by atoms with E-state index >= 15 is 0 Å². The Balaban J connectivity index is 2.25. The highest BCUT2D eigenvalue weighted by molar-refractivity contribution is 6.01. The number of amides is 1. The summed E-state index contributed by atoms with van der Waals surface area (Å²) in [6.07, 6.45) is 1.89. The smallest absolute Gasteiger partial charge is 0.268 e. The molecule has 0 saturated carbocycles. The molecule has 2 aromatic rings. The molecule has 1 aromatic carbocycles. The fourth-order valence-corrected chi connectivity index (χ4v) is 2.36. The van der Waals surface area contributed by atoms with Gasteiger partial charge in [0.1, 0.15) is 11.4 Å². The van der Waals surface area contributed by atoms with E-state index in [0.29, 0.717) is 5.69 Å². The number of aromatic amines is 1. The van der Waals surface area contributed by atoms with Crippen LogP contribution in [0, 0.1) is 0 Å². The predicted molar refractivity (Wildman–Crippen MR) is 65.5 cm³/mol. The van der Waals surface area contributed by atoms with Crippen molar-refractivity contribution >= 4 is 16.8 Å². The molecule has 0 saturated heterocycles. The first-order valence-electron chi connectivity index (χ1n) is 5.76. The van der Waals surface area contributed by atoms with Gasteiger partial charge in [0, 0.05) is 17.4 Å². The van der Waals surface area contributed by atoms with Gasteiger partial charge in [0.25, 0.3) is 5.91 Å². The van der Waals surface area contributed by atoms with Crippen molar-refractivity contribution in [3.63, 3.8) is 0 Å². The molecule has 0 bridgehead atoms. The first-order valence-corrected chi connectivity index (χ1v) is 5.76. The van der Waals surface area contributed by atoms with Gasteiger partial charge in [-0.25, -0.2) is 0 Å². The quantitative estimate of drug-likeness (QED) is 0.785. The van der Waals surface area contributed by atoms with Gasteiger partial charge in [-0.1, -0.05) is 0 Å². The first kappa shape index (κ1) is 10.2. The van der Waals surface area contributed by atoms with Gasteiger partial charge in [-0.05, 0) is 36.6 Å². The monoisotopic (exact) mass is 230 g/mol. The highest BCUT2D eigenvalue weighted by Gasteiger charge is 2.20. The summed E-state index contributed by atoms with van der Waals surface area (Å²) in [6, 6.07) is 5.84. The van der Waals surface area contributed by atoms with Crippen molar-refractivity contribution in [3.05, 3.63) is 29.5 Å². The molecule has 0 atom stereocenters. The summed E-state index contributed by atoms with van der Waals surface area (Å²) in [7, 11) is 1.65. The van der Waals surface area contributed by atoms with E-state index in [9.17, 15) is 4.79 Å². The van der Waals surface area contributed by atoms with Crippen LogP contribution >= 0.6 is 0 Å². The minimum atomic E-state index is -0.00679. The molecule has 1 aliphatic heterocycles. The van der Waals surface area contributed by atoms with E-state index in [4.69, 9.17) is 4.74 Å². The van der Waals surface area contributed by atoms with Crippen LogP contribution in [0.3, 0.4) is 0 Å². The number of H-pyrrole nitrogens is 1. The van der Waals surface area contributed by atoms with E-state index in [2.05, 4.69) is 10.3 Å². The molecule has 0 unspecified atom stereocenters. The first-order chi connectivity index (χ1) is 8.29. The van der Waals surface area contributed by atoms with E-state index < -0.39 is 0 Å². The number of hydrogen-bond donors (Lipinski definition) is 2. The van der Waals surface area contributed by atoms with Gasteiger partial charge >= 0.3 is 0 Å². The van der Waals surface area contributed by atoms with Crippen LogP contribution in [0.1, 0.15) is 22.5 Å². The number of carbonyl (C=O) groups is 1. The Kier molecular flexibility index (Phi) is 2.28. The van der Waals surface area contributed by atoms with Gasteiger partial charge < -0.3 is 15.0 Å². The van der Waals surface area contributed by atoms with Gasteiger partial charge in [-0.15, -0.1) is 0 Å². The molecule has 0 fully saturated rings. The van der Waals surface area contributed by atoms with Gasteiger partial charge in [-0.2, -0.15) is 0 Å². The van der Waals surface area contributed by atoms with Crippen molar-refractivity contribution in [2.45, 2.75) is 12.8 Å². The van der Waals surface area contributed by atoms with Gasteiger partial charge in [-0.3, -0.25) is 4.79 Å². The lowest BCUT2D eigenvalue weighted by molar-refractivity contribution is 0.0952. The summed E-state index contributed by atoms with van der Waals surface area (Å²) in [5.41, 5.74) is 2.80. The van der Waals surface area contributed by atoms with E-state index in [1.807, 2.05) is 18.2 Å². The summed E-state index contributed by atoms with van der Waals surface area (Å²) < 4.78 is 5.23. The van der Waals surface area contributed by atoms with E-state index in [1.54, 1.807) is 7.11 Å². The molecule has 1 aromatic heterocycles. The topological polar surface area (TPSA) is 54.1 Å². The molecule has 1 amide bonds. The molecule has 2 heterocycles. The van der Waals surface area contributed by atoms with Crippen LogP contribution in [-0.4, -0.2) is 24.5 Å². The lowest BCUT2D eigenvalue weighted by Gasteiger charge is -2.00. The Morgan fingerprint density at radius 2 is 2.24 bits per heavy atom. The summed E-state index contributed by atoms with van der Waals surface area (Å²) in [5.74, 6) is 0.816. The number of benzene rings is 1. The number of aryl methyl sites for hydroxylation is 1. The molecule has 1 aliphatic rings. The van der Waals surface area contributed by atoms with Gasteiger partial charge in [0.05, 0.1) is 7.11 Å². The number of rotatable bonds is 1. The third kappa shape index (κ3) is 1.56. The summed E-state index contributed by atoms with van der Waals surface area (Å²) in [6.45, 7) is 0.743. The standard InChI is InChI=1S/C13H14N2O2/c1-17-8-4-5-11-10(7-8)9-3-2-6-14-13(16)12(9)15-11/h4-5,7,15H,2-3,6H2,1H3,(H,14,16). The molecule has 0 radical (unpaired) electrons. The van der Waals surface area contributed by atoms with Crippen LogP contribution in [-0.2, 0) is 6.42 Å². The number of methoxy groups -OCH3 is 1. The van der Waals surface area contributed by atoms with Gasteiger partial charge in [0.2, 0.25) is 0 Å². The predicted octanol–water partition coefficient (Wildman–Crippen LogP) is 1.85. The lowest BCUT2D eigenvalue weighted by Crippen LogP contribution is -2.22.